The number of carbonyl (C=O) groups excluding carboxylic acids is 1. The summed E-state index contributed by atoms with van der Waals surface area (Å²) >= 11 is 0. The Morgan fingerprint density at radius 2 is 2.05 bits per heavy atom. The van der Waals surface area contributed by atoms with Gasteiger partial charge in [0.2, 0.25) is 0 Å². The summed E-state index contributed by atoms with van der Waals surface area (Å²) in [6.07, 6.45) is 5.67. The molecule has 4 nitrogen and oxygen atoms in total. The standard InChI is InChI=1S/C16H32N2O2/c1-6-7-8-10-17-14-9-11-18(13(2)12-14)15(19)20-16(3,4)5/h13-14,17H,6-12H2,1-5H3. The fraction of sp³-hybridized carbons (Fsp3) is 0.938. The lowest BCUT2D eigenvalue weighted by Crippen LogP contribution is -2.51. The maximum Gasteiger partial charge on any atom is 0.410 e. The second-order valence-electron chi connectivity index (χ2n) is 6.91. The maximum atomic E-state index is 12.1. The summed E-state index contributed by atoms with van der Waals surface area (Å²) in [6, 6.07) is 0.794. The number of ether oxygens (including phenoxy) is 1. The van der Waals surface area contributed by atoms with E-state index in [4.69, 9.17) is 4.74 Å². The van der Waals surface area contributed by atoms with Crippen LogP contribution in [0.5, 0.6) is 0 Å². The van der Waals surface area contributed by atoms with E-state index in [0.717, 1.165) is 25.9 Å². The van der Waals surface area contributed by atoms with Gasteiger partial charge in [-0.3, -0.25) is 0 Å². The van der Waals surface area contributed by atoms with Gasteiger partial charge in [-0.05, 0) is 53.5 Å². The van der Waals surface area contributed by atoms with Crippen molar-refractivity contribution in [2.75, 3.05) is 13.1 Å². The molecule has 1 N–H and O–H groups in total. The molecule has 1 aliphatic heterocycles. The van der Waals surface area contributed by atoms with Crippen LogP contribution in [-0.2, 0) is 4.74 Å². The number of amides is 1. The van der Waals surface area contributed by atoms with Crippen LogP contribution >= 0.6 is 0 Å². The lowest BCUT2D eigenvalue weighted by atomic mass is 9.98. The van der Waals surface area contributed by atoms with Crippen molar-refractivity contribution in [1.82, 2.24) is 10.2 Å². The number of nitrogens with one attached hydrogen (secondary N) is 1. The van der Waals surface area contributed by atoms with Crippen LogP contribution in [0.4, 0.5) is 4.79 Å². The van der Waals surface area contributed by atoms with Gasteiger partial charge in [0.25, 0.3) is 0 Å². The van der Waals surface area contributed by atoms with E-state index in [9.17, 15) is 4.79 Å². The van der Waals surface area contributed by atoms with Crippen molar-refractivity contribution in [3.8, 4) is 0 Å². The largest absolute Gasteiger partial charge is 0.444 e. The van der Waals surface area contributed by atoms with Gasteiger partial charge in [0.05, 0.1) is 0 Å². The zero-order valence-electron chi connectivity index (χ0n) is 13.9. The summed E-state index contributed by atoms with van der Waals surface area (Å²) in [6.45, 7) is 12.0. The van der Waals surface area contributed by atoms with Gasteiger partial charge >= 0.3 is 6.09 Å². The molecule has 1 aliphatic rings. The van der Waals surface area contributed by atoms with Gasteiger partial charge in [-0.15, -0.1) is 0 Å². The summed E-state index contributed by atoms with van der Waals surface area (Å²) < 4.78 is 5.46. The predicted octanol–water partition coefficient (Wildman–Crippen LogP) is 3.55. The summed E-state index contributed by atoms with van der Waals surface area (Å²) in [7, 11) is 0. The monoisotopic (exact) mass is 284 g/mol. The maximum absolute atomic E-state index is 12.1. The highest BCUT2D eigenvalue weighted by atomic mass is 16.6. The first kappa shape index (κ1) is 17.3. The predicted molar refractivity (Wildman–Crippen MR) is 83.0 cm³/mol. The molecule has 1 fully saturated rings. The average Bonchev–Trinajstić information content (AvgIpc) is 2.32. The van der Waals surface area contributed by atoms with Crippen LogP contribution in [0.15, 0.2) is 0 Å². The second kappa shape index (κ2) is 7.87. The SMILES string of the molecule is CCCCCNC1CCN(C(=O)OC(C)(C)C)C(C)C1. The number of hydrogen-bond donors (Lipinski definition) is 1. The summed E-state index contributed by atoms with van der Waals surface area (Å²) in [5.41, 5.74) is -0.411. The highest BCUT2D eigenvalue weighted by molar-refractivity contribution is 5.68. The third kappa shape index (κ3) is 6.12. The summed E-state index contributed by atoms with van der Waals surface area (Å²) in [5, 5.41) is 3.62. The minimum atomic E-state index is -0.411. The Bertz CT molecular complexity index is 299. The van der Waals surface area contributed by atoms with E-state index in [1.807, 2.05) is 25.7 Å². The third-order valence-electron chi connectivity index (χ3n) is 3.72. The lowest BCUT2D eigenvalue weighted by Gasteiger charge is -2.38. The molecule has 2 atom stereocenters. The number of hydrogen-bond acceptors (Lipinski definition) is 3. The highest BCUT2D eigenvalue weighted by Crippen LogP contribution is 2.20. The van der Waals surface area contributed by atoms with Crippen LogP contribution in [0, 0.1) is 0 Å². The van der Waals surface area contributed by atoms with Crippen LogP contribution in [0.3, 0.4) is 0 Å². The number of unbranched alkanes of at least 4 members (excludes halogenated alkanes) is 2. The zero-order chi connectivity index (χ0) is 15.2. The third-order valence-corrected chi connectivity index (χ3v) is 3.72. The molecule has 1 heterocycles. The highest BCUT2D eigenvalue weighted by Gasteiger charge is 2.31. The minimum Gasteiger partial charge on any atom is -0.444 e. The fourth-order valence-corrected chi connectivity index (χ4v) is 2.63. The molecular formula is C16H32N2O2. The number of piperidine rings is 1. The Kier molecular flexibility index (Phi) is 6.80. The van der Waals surface area contributed by atoms with Crippen molar-refractivity contribution < 1.29 is 9.53 Å². The molecule has 0 aromatic heterocycles. The normalized spacial score (nSPS) is 23.8. The summed E-state index contributed by atoms with van der Waals surface area (Å²) in [4.78, 5) is 14.0. The first-order valence-electron chi connectivity index (χ1n) is 8.06. The molecule has 1 amide bonds. The molecule has 118 valence electrons. The Balaban J connectivity index is 2.34. The number of likely N-dealkylation sites (tertiary alicyclic amines) is 1. The molecular weight excluding hydrogens is 252 g/mol. The van der Waals surface area contributed by atoms with Gasteiger partial charge in [0, 0.05) is 18.6 Å². The molecule has 0 aliphatic carbocycles. The molecule has 1 rings (SSSR count). The van der Waals surface area contributed by atoms with Crippen LogP contribution in [0.2, 0.25) is 0 Å². The van der Waals surface area contributed by atoms with Crippen LogP contribution in [-0.4, -0.2) is 41.8 Å². The van der Waals surface area contributed by atoms with Gasteiger partial charge in [0.15, 0.2) is 0 Å². The molecule has 0 aromatic rings. The van der Waals surface area contributed by atoms with E-state index in [1.54, 1.807) is 0 Å². The fourth-order valence-electron chi connectivity index (χ4n) is 2.63. The van der Waals surface area contributed by atoms with Crippen LogP contribution in [0.25, 0.3) is 0 Å². The van der Waals surface area contributed by atoms with Crippen molar-refractivity contribution >= 4 is 6.09 Å². The first-order chi connectivity index (χ1) is 9.33. The first-order valence-corrected chi connectivity index (χ1v) is 8.06. The molecule has 1 saturated heterocycles. The van der Waals surface area contributed by atoms with E-state index < -0.39 is 5.60 Å². The molecule has 0 saturated carbocycles. The van der Waals surface area contributed by atoms with E-state index in [0.29, 0.717) is 6.04 Å². The number of rotatable bonds is 5. The Labute approximate surface area is 124 Å². The Hall–Kier alpha value is -0.770. The molecule has 2 unspecified atom stereocenters. The van der Waals surface area contributed by atoms with Gasteiger partial charge in [0.1, 0.15) is 5.60 Å². The minimum absolute atomic E-state index is 0.172. The van der Waals surface area contributed by atoms with Crippen molar-refractivity contribution in [3.63, 3.8) is 0 Å². The van der Waals surface area contributed by atoms with Crippen LogP contribution in [0.1, 0.15) is 66.7 Å². The van der Waals surface area contributed by atoms with Gasteiger partial charge in [-0.1, -0.05) is 19.8 Å². The van der Waals surface area contributed by atoms with Crippen molar-refractivity contribution in [2.24, 2.45) is 0 Å². The Morgan fingerprint density at radius 3 is 2.60 bits per heavy atom. The molecule has 4 heteroatoms. The molecule has 0 radical (unpaired) electrons. The number of nitrogens with zero attached hydrogens (tertiary/aromatic N) is 1. The van der Waals surface area contributed by atoms with Gasteiger partial charge in [-0.2, -0.15) is 0 Å². The Morgan fingerprint density at radius 1 is 1.35 bits per heavy atom. The second-order valence-corrected chi connectivity index (χ2v) is 6.91. The van der Waals surface area contributed by atoms with E-state index >= 15 is 0 Å². The van der Waals surface area contributed by atoms with Gasteiger partial charge in [-0.25, -0.2) is 4.79 Å². The van der Waals surface area contributed by atoms with E-state index in [-0.39, 0.29) is 12.1 Å². The number of carbonyl (C=O) groups is 1. The molecule has 0 aromatic carbocycles. The smallest absolute Gasteiger partial charge is 0.410 e. The van der Waals surface area contributed by atoms with Crippen LogP contribution < -0.4 is 5.32 Å². The molecule has 20 heavy (non-hydrogen) atoms. The lowest BCUT2D eigenvalue weighted by molar-refractivity contribution is 0.00940. The van der Waals surface area contributed by atoms with Crippen molar-refractivity contribution in [2.45, 2.75) is 84.4 Å². The average molecular weight is 284 g/mol. The van der Waals surface area contributed by atoms with E-state index in [2.05, 4.69) is 19.2 Å². The topological polar surface area (TPSA) is 41.6 Å². The van der Waals surface area contributed by atoms with Gasteiger partial charge < -0.3 is 15.0 Å². The quantitative estimate of drug-likeness (QED) is 0.785. The summed E-state index contributed by atoms with van der Waals surface area (Å²) in [5.74, 6) is 0. The van der Waals surface area contributed by atoms with Crippen molar-refractivity contribution in [3.05, 3.63) is 0 Å². The molecule has 0 bridgehead atoms. The zero-order valence-corrected chi connectivity index (χ0v) is 13.9. The van der Waals surface area contributed by atoms with Crippen molar-refractivity contribution in [1.29, 1.82) is 0 Å². The molecule has 0 spiro atoms. The van der Waals surface area contributed by atoms with E-state index in [1.165, 1.54) is 19.3 Å².